The SMILES string of the molecule is CS(=O)(=O)c1ccc(C2=C(c3ccc(C#N)cn3)CC3(CCCC3)C2)cc1. The summed E-state index contributed by atoms with van der Waals surface area (Å²) in [5.41, 5.74) is 5.40. The van der Waals surface area contributed by atoms with Gasteiger partial charge in [0.1, 0.15) is 6.07 Å². The van der Waals surface area contributed by atoms with E-state index in [4.69, 9.17) is 5.26 Å². The summed E-state index contributed by atoms with van der Waals surface area (Å²) in [6, 6.07) is 13.1. The van der Waals surface area contributed by atoms with Crippen molar-refractivity contribution in [3.05, 3.63) is 59.4 Å². The van der Waals surface area contributed by atoms with Gasteiger partial charge in [0, 0.05) is 12.5 Å². The molecule has 1 aromatic carbocycles. The number of sulfone groups is 1. The van der Waals surface area contributed by atoms with Crippen molar-refractivity contribution in [1.29, 1.82) is 5.26 Å². The van der Waals surface area contributed by atoms with Crippen LogP contribution in [-0.2, 0) is 9.84 Å². The highest BCUT2D eigenvalue weighted by atomic mass is 32.2. The second-order valence-corrected chi connectivity index (χ2v) is 9.87. The standard InChI is InChI=1S/C22H22N2O2S/c1-27(25,26)18-7-5-17(6-8-18)19-12-22(10-2-3-11-22)13-20(19)21-9-4-16(14-23)15-24-21/h4-9,15H,2-3,10-13H2,1H3. The lowest BCUT2D eigenvalue weighted by atomic mass is 9.81. The summed E-state index contributed by atoms with van der Waals surface area (Å²) in [5, 5.41) is 9.03. The average Bonchev–Trinajstić information content (AvgIpc) is 3.28. The van der Waals surface area contributed by atoms with E-state index in [0.717, 1.165) is 24.1 Å². The minimum absolute atomic E-state index is 0.315. The molecule has 0 unspecified atom stereocenters. The summed E-state index contributed by atoms with van der Waals surface area (Å²) in [5.74, 6) is 0. The molecule has 1 saturated carbocycles. The molecular weight excluding hydrogens is 356 g/mol. The Hall–Kier alpha value is -2.45. The molecule has 0 saturated heterocycles. The summed E-state index contributed by atoms with van der Waals surface area (Å²) < 4.78 is 23.5. The molecule has 1 heterocycles. The van der Waals surface area contributed by atoms with Gasteiger partial charge < -0.3 is 0 Å². The van der Waals surface area contributed by atoms with E-state index in [2.05, 4.69) is 11.1 Å². The molecule has 0 bridgehead atoms. The largest absolute Gasteiger partial charge is 0.255 e. The van der Waals surface area contributed by atoms with Crippen molar-refractivity contribution in [2.24, 2.45) is 5.41 Å². The Balaban J connectivity index is 1.77. The first-order valence-corrected chi connectivity index (χ1v) is 11.2. The second kappa shape index (κ2) is 6.61. The normalized spacial score (nSPS) is 18.8. The molecule has 4 nitrogen and oxygen atoms in total. The summed E-state index contributed by atoms with van der Waals surface area (Å²) >= 11 is 0. The Morgan fingerprint density at radius 2 is 1.67 bits per heavy atom. The fraction of sp³-hybridized carbons (Fsp3) is 0.364. The highest BCUT2D eigenvalue weighted by Crippen LogP contribution is 2.57. The van der Waals surface area contributed by atoms with Gasteiger partial charge in [-0.3, -0.25) is 4.98 Å². The molecular formula is C22H22N2O2S. The topological polar surface area (TPSA) is 70.8 Å². The number of nitriles is 1. The van der Waals surface area contributed by atoms with Crippen LogP contribution in [0.2, 0.25) is 0 Å². The third kappa shape index (κ3) is 3.42. The number of hydrogen-bond acceptors (Lipinski definition) is 4. The molecule has 2 aromatic rings. The fourth-order valence-corrected chi connectivity index (χ4v) is 5.20. The smallest absolute Gasteiger partial charge is 0.175 e. The summed E-state index contributed by atoms with van der Waals surface area (Å²) in [4.78, 5) is 4.89. The molecule has 1 spiro atoms. The number of hydrogen-bond donors (Lipinski definition) is 0. The van der Waals surface area contributed by atoms with Crippen molar-refractivity contribution in [3.63, 3.8) is 0 Å². The molecule has 2 aliphatic rings. The van der Waals surface area contributed by atoms with Crippen molar-refractivity contribution in [3.8, 4) is 6.07 Å². The lowest BCUT2D eigenvalue weighted by Crippen LogP contribution is -2.11. The Bertz CT molecular complexity index is 1040. The first-order chi connectivity index (χ1) is 12.9. The molecule has 0 N–H and O–H groups in total. The number of pyridine rings is 1. The van der Waals surface area contributed by atoms with Crippen LogP contribution < -0.4 is 0 Å². The first kappa shape index (κ1) is 17.9. The number of nitrogens with zero attached hydrogens (tertiary/aromatic N) is 2. The molecule has 0 radical (unpaired) electrons. The Labute approximate surface area is 160 Å². The van der Waals surface area contributed by atoms with E-state index in [-0.39, 0.29) is 0 Å². The number of rotatable bonds is 3. The molecule has 1 fully saturated rings. The second-order valence-electron chi connectivity index (χ2n) is 7.86. The van der Waals surface area contributed by atoms with Gasteiger partial charge in [0.15, 0.2) is 9.84 Å². The van der Waals surface area contributed by atoms with Crippen LogP contribution in [0, 0.1) is 16.7 Å². The molecule has 5 heteroatoms. The maximum atomic E-state index is 11.8. The van der Waals surface area contributed by atoms with E-state index in [0.29, 0.717) is 15.9 Å². The highest BCUT2D eigenvalue weighted by molar-refractivity contribution is 7.90. The van der Waals surface area contributed by atoms with Gasteiger partial charge in [0.2, 0.25) is 0 Å². The predicted molar refractivity (Wildman–Crippen MR) is 105 cm³/mol. The van der Waals surface area contributed by atoms with Gasteiger partial charge in [-0.15, -0.1) is 0 Å². The van der Waals surface area contributed by atoms with Gasteiger partial charge >= 0.3 is 0 Å². The maximum Gasteiger partial charge on any atom is 0.175 e. The maximum absolute atomic E-state index is 11.8. The van der Waals surface area contributed by atoms with Gasteiger partial charge in [-0.2, -0.15) is 5.26 Å². The number of benzene rings is 1. The van der Waals surface area contributed by atoms with Crippen molar-refractivity contribution >= 4 is 21.0 Å². The van der Waals surface area contributed by atoms with E-state index in [9.17, 15) is 8.42 Å². The summed E-state index contributed by atoms with van der Waals surface area (Å²) in [6.07, 6.45) is 9.90. The van der Waals surface area contributed by atoms with Crippen LogP contribution in [0.5, 0.6) is 0 Å². The molecule has 2 aliphatic carbocycles. The van der Waals surface area contributed by atoms with Gasteiger partial charge in [0.05, 0.1) is 16.2 Å². The predicted octanol–water partition coefficient (Wildman–Crippen LogP) is 4.62. The van der Waals surface area contributed by atoms with Crippen LogP contribution in [0.4, 0.5) is 0 Å². The minimum Gasteiger partial charge on any atom is -0.255 e. The van der Waals surface area contributed by atoms with Crippen LogP contribution in [0.3, 0.4) is 0 Å². The third-order valence-electron chi connectivity index (χ3n) is 5.96. The average molecular weight is 378 g/mol. The minimum atomic E-state index is -3.20. The van der Waals surface area contributed by atoms with Crippen molar-refractivity contribution in [2.75, 3.05) is 6.26 Å². The first-order valence-electron chi connectivity index (χ1n) is 9.29. The lowest BCUT2D eigenvalue weighted by Gasteiger charge is -2.23. The zero-order valence-corrected chi connectivity index (χ0v) is 16.2. The fourth-order valence-electron chi connectivity index (χ4n) is 4.57. The molecule has 1 aromatic heterocycles. The molecule has 27 heavy (non-hydrogen) atoms. The Morgan fingerprint density at radius 1 is 1.00 bits per heavy atom. The molecule has 138 valence electrons. The van der Waals surface area contributed by atoms with Crippen molar-refractivity contribution in [1.82, 2.24) is 4.98 Å². The van der Waals surface area contributed by atoms with Crippen LogP contribution in [0.15, 0.2) is 47.5 Å². The third-order valence-corrected chi connectivity index (χ3v) is 7.09. The highest BCUT2D eigenvalue weighted by Gasteiger charge is 2.41. The van der Waals surface area contributed by atoms with Gasteiger partial charge in [-0.25, -0.2) is 8.42 Å². The van der Waals surface area contributed by atoms with E-state index in [1.807, 2.05) is 24.3 Å². The number of aromatic nitrogens is 1. The molecule has 4 rings (SSSR count). The van der Waals surface area contributed by atoms with Gasteiger partial charge in [-0.1, -0.05) is 25.0 Å². The monoisotopic (exact) mass is 378 g/mol. The Morgan fingerprint density at radius 3 is 2.22 bits per heavy atom. The quantitative estimate of drug-likeness (QED) is 0.781. The Kier molecular flexibility index (Phi) is 4.39. The van der Waals surface area contributed by atoms with E-state index in [1.54, 1.807) is 18.3 Å². The van der Waals surface area contributed by atoms with Crippen molar-refractivity contribution in [2.45, 2.75) is 43.4 Å². The lowest BCUT2D eigenvalue weighted by molar-refractivity contribution is 0.329. The molecule has 0 atom stereocenters. The van der Waals surface area contributed by atoms with Crippen LogP contribution in [0.1, 0.15) is 55.3 Å². The van der Waals surface area contributed by atoms with E-state index in [1.165, 1.54) is 43.1 Å². The zero-order chi connectivity index (χ0) is 19.1. The number of allylic oxidation sites excluding steroid dienone is 2. The zero-order valence-electron chi connectivity index (χ0n) is 15.4. The van der Waals surface area contributed by atoms with Crippen LogP contribution in [-0.4, -0.2) is 19.7 Å². The summed E-state index contributed by atoms with van der Waals surface area (Å²) in [6.45, 7) is 0. The van der Waals surface area contributed by atoms with Gasteiger partial charge in [-0.05, 0) is 72.1 Å². The van der Waals surface area contributed by atoms with Crippen molar-refractivity contribution < 1.29 is 8.42 Å². The van der Waals surface area contributed by atoms with E-state index >= 15 is 0 Å². The molecule has 0 amide bonds. The van der Waals surface area contributed by atoms with Gasteiger partial charge in [0.25, 0.3) is 0 Å². The molecule has 0 aliphatic heterocycles. The van der Waals surface area contributed by atoms with E-state index < -0.39 is 9.84 Å². The summed E-state index contributed by atoms with van der Waals surface area (Å²) in [7, 11) is -3.20. The van der Waals surface area contributed by atoms with Crippen LogP contribution >= 0.6 is 0 Å². The van der Waals surface area contributed by atoms with Crippen LogP contribution in [0.25, 0.3) is 11.1 Å².